The molecular formula is C20H25N3O5S. The molecule has 1 heterocycles. The minimum Gasteiger partial charge on any atom is -0.451 e. The number of carbonyl (C=O) groups is 2. The molecule has 0 fully saturated rings. The molecule has 3 rings (SSSR count). The van der Waals surface area contributed by atoms with Gasteiger partial charge in [-0.3, -0.25) is 19.3 Å². The molecule has 29 heavy (non-hydrogen) atoms. The predicted octanol–water partition coefficient (Wildman–Crippen LogP) is 1.66. The largest absolute Gasteiger partial charge is 0.451 e. The number of rotatable bonds is 7. The first kappa shape index (κ1) is 21.0. The molecule has 9 heteroatoms. The summed E-state index contributed by atoms with van der Waals surface area (Å²) in [6.45, 7) is 1.61. The Morgan fingerprint density at radius 1 is 1.28 bits per heavy atom. The van der Waals surface area contributed by atoms with E-state index in [1.54, 1.807) is 18.2 Å². The molecule has 0 aromatic heterocycles. The first-order valence-electron chi connectivity index (χ1n) is 9.68. The van der Waals surface area contributed by atoms with E-state index < -0.39 is 28.6 Å². The molecule has 2 aliphatic rings. The van der Waals surface area contributed by atoms with Crippen molar-refractivity contribution in [1.82, 2.24) is 10.0 Å². The number of amidine groups is 1. The van der Waals surface area contributed by atoms with Gasteiger partial charge >= 0.3 is 5.97 Å². The Morgan fingerprint density at radius 2 is 2.07 bits per heavy atom. The average Bonchev–Trinajstić information content (AvgIpc) is 2.98. The highest BCUT2D eigenvalue weighted by Gasteiger charge is 2.30. The van der Waals surface area contributed by atoms with Gasteiger partial charge in [0.1, 0.15) is 12.4 Å². The zero-order valence-corrected chi connectivity index (χ0v) is 17.1. The van der Waals surface area contributed by atoms with E-state index in [0.29, 0.717) is 12.1 Å². The molecule has 1 aromatic rings. The summed E-state index contributed by atoms with van der Waals surface area (Å²) < 4.78 is 31.5. The van der Waals surface area contributed by atoms with Gasteiger partial charge in [0.25, 0.3) is 15.9 Å². The first-order valence-corrected chi connectivity index (χ1v) is 11.2. The monoisotopic (exact) mass is 419 g/mol. The third kappa shape index (κ3) is 5.44. The Kier molecular flexibility index (Phi) is 6.68. The summed E-state index contributed by atoms with van der Waals surface area (Å²) >= 11 is 0. The van der Waals surface area contributed by atoms with Gasteiger partial charge in [0, 0.05) is 12.1 Å². The number of amides is 1. The maximum absolute atomic E-state index is 12.1. The first-order chi connectivity index (χ1) is 13.9. The minimum atomic E-state index is -3.66. The number of ether oxygens (including phenoxy) is 1. The number of nitrogens with zero attached hydrogens (tertiary/aromatic N) is 1. The van der Waals surface area contributed by atoms with E-state index in [1.807, 2.05) is 0 Å². The smallest absolute Gasteiger partial charge is 0.328 e. The van der Waals surface area contributed by atoms with Crippen LogP contribution in [0.25, 0.3) is 0 Å². The lowest BCUT2D eigenvalue weighted by Gasteiger charge is -2.15. The molecule has 1 aliphatic heterocycles. The summed E-state index contributed by atoms with van der Waals surface area (Å²) in [5.41, 5.74) is 1.76. The van der Waals surface area contributed by atoms with Gasteiger partial charge < -0.3 is 10.1 Å². The molecule has 1 amide bonds. The van der Waals surface area contributed by atoms with Gasteiger partial charge in [0.05, 0.1) is 4.90 Å². The molecule has 1 atom stereocenters. The Labute approximate surface area is 170 Å². The van der Waals surface area contributed by atoms with Crippen molar-refractivity contribution in [3.8, 4) is 0 Å². The second-order valence-corrected chi connectivity index (χ2v) is 8.70. The van der Waals surface area contributed by atoms with Gasteiger partial charge in [-0.15, -0.1) is 0 Å². The van der Waals surface area contributed by atoms with Crippen LogP contribution in [0.5, 0.6) is 0 Å². The molecular weight excluding hydrogens is 394 g/mol. The van der Waals surface area contributed by atoms with Crippen LogP contribution >= 0.6 is 0 Å². The lowest BCUT2D eigenvalue weighted by Crippen LogP contribution is -2.37. The third-order valence-electron chi connectivity index (χ3n) is 4.84. The van der Waals surface area contributed by atoms with Crippen molar-refractivity contribution in [2.24, 2.45) is 4.99 Å². The fourth-order valence-corrected chi connectivity index (χ4v) is 4.56. The second kappa shape index (κ2) is 9.21. The molecule has 0 spiro atoms. The summed E-state index contributed by atoms with van der Waals surface area (Å²) in [6, 6.07) is 6.37. The van der Waals surface area contributed by atoms with Gasteiger partial charge in [-0.25, -0.2) is 8.42 Å². The van der Waals surface area contributed by atoms with E-state index in [4.69, 9.17) is 4.74 Å². The Morgan fingerprint density at radius 3 is 2.83 bits per heavy atom. The molecule has 8 nitrogen and oxygen atoms in total. The fraction of sp³-hybridized carbons (Fsp3) is 0.450. The van der Waals surface area contributed by atoms with Crippen molar-refractivity contribution in [3.63, 3.8) is 0 Å². The van der Waals surface area contributed by atoms with Crippen LogP contribution < -0.4 is 10.0 Å². The summed E-state index contributed by atoms with van der Waals surface area (Å²) in [6.07, 6.45) is 6.67. The summed E-state index contributed by atoms with van der Waals surface area (Å²) in [5.74, 6) is -0.983. The van der Waals surface area contributed by atoms with Crippen LogP contribution in [0.3, 0.4) is 0 Å². The molecule has 0 unspecified atom stereocenters. The standard InChI is InChI=1S/C20H25N3O5S/c1-14(20(25)21-12-11-15-7-3-2-4-8-15)28-18(24)13-22-19-16-9-5-6-10-17(16)29(26,27)23-19/h5-7,9-10,14H,2-4,8,11-13H2,1H3,(H,21,25)(H,22,23)/t14-/m0/s1. The number of esters is 1. The summed E-state index contributed by atoms with van der Waals surface area (Å²) in [7, 11) is -3.66. The van der Waals surface area contributed by atoms with Gasteiger partial charge in [-0.2, -0.15) is 0 Å². The number of allylic oxidation sites excluding steroid dienone is 1. The number of fused-ring (bicyclic) bond motifs is 1. The van der Waals surface area contributed by atoms with E-state index in [1.165, 1.54) is 31.4 Å². The maximum atomic E-state index is 12.1. The highest BCUT2D eigenvalue weighted by Crippen LogP contribution is 2.22. The number of nitrogens with one attached hydrogen (secondary N) is 2. The second-order valence-electron chi connectivity index (χ2n) is 7.05. The minimum absolute atomic E-state index is 0.0930. The predicted molar refractivity (Wildman–Crippen MR) is 108 cm³/mol. The van der Waals surface area contributed by atoms with Crippen LogP contribution in [-0.2, 0) is 24.3 Å². The van der Waals surface area contributed by atoms with Crippen LogP contribution in [0.4, 0.5) is 0 Å². The van der Waals surface area contributed by atoms with Crippen LogP contribution in [0.1, 0.15) is 44.6 Å². The quantitative estimate of drug-likeness (QED) is 0.515. The molecule has 1 aromatic carbocycles. The van der Waals surface area contributed by atoms with Crippen molar-refractivity contribution in [3.05, 3.63) is 41.5 Å². The normalized spacial score (nSPS) is 19.6. The number of hydrogen-bond donors (Lipinski definition) is 2. The molecule has 0 radical (unpaired) electrons. The van der Waals surface area contributed by atoms with Crippen LogP contribution in [0, 0.1) is 0 Å². The Balaban J connectivity index is 1.47. The zero-order chi connectivity index (χ0) is 20.9. The van der Waals surface area contributed by atoms with Gasteiger partial charge in [0.2, 0.25) is 0 Å². The maximum Gasteiger partial charge on any atom is 0.328 e. The molecule has 0 bridgehead atoms. The van der Waals surface area contributed by atoms with Gasteiger partial charge in [-0.05, 0) is 51.2 Å². The topological polar surface area (TPSA) is 114 Å². The fourth-order valence-electron chi connectivity index (χ4n) is 3.30. The lowest BCUT2D eigenvalue weighted by molar-refractivity contribution is -0.153. The van der Waals surface area contributed by atoms with Gasteiger partial charge in [-0.1, -0.05) is 23.8 Å². The third-order valence-corrected chi connectivity index (χ3v) is 6.23. The zero-order valence-electron chi connectivity index (χ0n) is 16.3. The van der Waals surface area contributed by atoms with Crippen molar-refractivity contribution in [2.75, 3.05) is 13.1 Å². The molecule has 156 valence electrons. The summed E-state index contributed by atoms with van der Waals surface area (Å²) in [4.78, 5) is 28.2. The molecule has 0 saturated heterocycles. The van der Waals surface area contributed by atoms with E-state index >= 15 is 0 Å². The SMILES string of the molecule is C[C@H](OC(=O)CN=C1NS(=O)(=O)c2ccccc21)C(=O)NCCC1=CCCCC1. The highest BCUT2D eigenvalue weighted by atomic mass is 32.2. The number of carbonyl (C=O) groups excluding carboxylic acids is 2. The molecule has 1 aliphatic carbocycles. The molecule has 2 N–H and O–H groups in total. The Bertz CT molecular complexity index is 953. The van der Waals surface area contributed by atoms with E-state index in [-0.39, 0.29) is 16.6 Å². The van der Waals surface area contributed by atoms with Crippen molar-refractivity contribution in [1.29, 1.82) is 0 Å². The van der Waals surface area contributed by atoms with E-state index in [0.717, 1.165) is 19.3 Å². The summed E-state index contributed by atoms with van der Waals surface area (Å²) in [5, 5.41) is 2.77. The van der Waals surface area contributed by atoms with Crippen molar-refractivity contribution >= 4 is 27.7 Å². The van der Waals surface area contributed by atoms with Gasteiger partial charge in [0.15, 0.2) is 6.10 Å². The Hall–Kier alpha value is -2.68. The van der Waals surface area contributed by atoms with E-state index in [2.05, 4.69) is 21.1 Å². The van der Waals surface area contributed by atoms with Crippen LogP contribution in [-0.4, -0.2) is 45.3 Å². The van der Waals surface area contributed by atoms with Crippen LogP contribution in [0.2, 0.25) is 0 Å². The number of aliphatic imine (C=N–C) groups is 1. The molecule has 0 saturated carbocycles. The van der Waals surface area contributed by atoms with Crippen molar-refractivity contribution < 1.29 is 22.7 Å². The highest BCUT2D eigenvalue weighted by molar-refractivity contribution is 7.90. The van der Waals surface area contributed by atoms with Crippen LogP contribution in [0.15, 0.2) is 45.8 Å². The number of benzene rings is 1. The number of sulfonamides is 1. The average molecular weight is 420 g/mol. The van der Waals surface area contributed by atoms with Crippen molar-refractivity contribution in [2.45, 2.75) is 50.0 Å². The number of hydrogen-bond acceptors (Lipinski definition) is 6. The lowest BCUT2D eigenvalue weighted by atomic mass is 9.97. The van der Waals surface area contributed by atoms with E-state index in [9.17, 15) is 18.0 Å².